The summed E-state index contributed by atoms with van der Waals surface area (Å²) in [5, 5.41) is 0. The normalized spacial score (nSPS) is 16.5. The van der Waals surface area contributed by atoms with E-state index < -0.39 is 0 Å². The summed E-state index contributed by atoms with van der Waals surface area (Å²) >= 11 is 0. The summed E-state index contributed by atoms with van der Waals surface area (Å²) in [6.45, 7) is 2.93. The van der Waals surface area contributed by atoms with Crippen LogP contribution in [-0.4, -0.2) is 13.7 Å². The second kappa shape index (κ2) is 5.77. The van der Waals surface area contributed by atoms with Crippen LogP contribution in [0.5, 0.6) is 0 Å². The highest BCUT2D eigenvalue weighted by molar-refractivity contribution is 14.0. The molecular weight excluding hydrogens is 251 g/mol. The third-order valence-electron chi connectivity index (χ3n) is 1.69. The summed E-state index contributed by atoms with van der Waals surface area (Å²) in [7, 11) is 1.73. The van der Waals surface area contributed by atoms with E-state index in [0.717, 1.165) is 6.61 Å². The van der Waals surface area contributed by atoms with E-state index in [2.05, 4.69) is 19.1 Å². The summed E-state index contributed by atoms with van der Waals surface area (Å²) in [5.41, 5.74) is 2.79. The van der Waals surface area contributed by atoms with E-state index in [0.29, 0.717) is 0 Å². The highest BCUT2D eigenvalue weighted by atomic mass is 127. The van der Waals surface area contributed by atoms with Crippen molar-refractivity contribution >= 4 is 24.0 Å². The molecule has 0 saturated heterocycles. The molecule has 0 N–H and O–H groups in total. The van der Waals surface area contributed by atoms with Crippen LogP contribution >= 0.6 is 24.0 Å². The summed E-state index contributed by atoms with van der Waals surface area (Å²) in [5.74, 6) is 0. The Morgan fingerprint density at radius 2 is 2.27 bits per heavy atom. The maximum absolute atomic E-state index is 5.02. The average Bonchev–Trinajstić information content (AvgIpc) is 1.88. The van der Waals surface area contributed by atoms with Crippen LogP contribution in [0.3, 0.4) is 0 Å². The fraction of sp³-hybridized carbons (Fsp3) is 0.556. The minimum absolute atomic E-state index is 0. The first kappa shape index (κ1) is 11.2. The van der Waals surface area contributed by atoms with Gasteiger partial charge in [-0.2, -0.15) is 0 Å². The first-order valence-corrected chi connectivity index (χ1v) is 3.68. The average molecular weight is 266 g/mol. The Labute approximate surface area is 85.5 Å². The van der Waals surface area contributed by atoms with Gasteiger partial charge in [-0.25, -0.2) is 0 Å². The first-order valence-electron chi connectivity index (χ1n) is 3.68. The molecule has 0 amide bonds. The Morgan fingerprint density at radius 1 is 1.55 bits per heavy atom. The van der Waals surface area contributed by atoms with Crippen molar-refractivity contribution in [3.63, 3.8) is 0 Å². The van der Waals surface area contributed by atoms with Crippen LogP contribution < -0.4 is 0 Å². The zero-order valence-corrected chi connectivity index (χ0v) is 9.42. The van der Waals surface area contributed by atoms with E-state index in [1.165, 1.54) is 24.0 Å². The van der Waals surface area contributed by atoms with E-state index in [1.54, 1.807) is 7.11 Å². The van der Waals surface area contributed by atoms with E-state index in [4.69, 9.17) is 4.74 Å². The molecule has 2 heteroatoms. The second-order valence-electron chi connectivity index (χ2n) is 2.74. The summed E-state index contributed by atoms with van der Waals surface area (Å²) in [4.78, 5) is 0. The lowest BCUT2D eigenvalue weighted by Gasteiger charge is -2.08. The Hall–Kier alpha value is 0.170. The number of methoxy groups -OCH3 is 1. The molecule has 0 aromatic rings. The topological polar surface area (TPSA) is 9.23 Å². The van der Waals surface area contributed by atoms with E-state index >= 15 is 0 Å². The summed E-state index contributed by atoms with van der Waals surface area (Å²) < 4.78 is 5.02. The van der Waals surface area contributed by atoms with Gasteiger partial charge >= 0.3 is 0 Å². The van der Waals surface area contributed by atoms with Crippen molar-refractivity contribution in [3.8, 4) is 0 Å². The Kier molecular flexibility index (Phi) is 5.86. The predicted molar refractivity (Wildman–Crippen MR) is 58.4 cm³/mol. The minimum atomic E-state index is 0. The van der Waals surface area contributed by atoms with Crippen LogP contribution in [0.25, 0.3) is 0 Å². The van der Waals surface area contributed by atoms with Crippen LogP contribution in [0.1, 0.15) is 19.8 Å². The third kappa shape index (κ3) is 3.91. The molecule has 1 aliphatic carbocycles. The largest absolute Gasteiger partial charge is 0.380 e. The van der Waals surface area contributed by atoms with Crippen molar-refractivity contribution < 1.29 is 4.74 Å². The van der Waals surface area contributed by atoms with Crippen LogP contribution in [0, 0.1) is 0 Å². The van der Waals surface area contributed by atoms with Gasteiger partial charge in [0.25, 0.3) is 0 Å². The van der Waals surface area contributed by atoms with E-state index in [1.807, 2.05) is 0 Å². The molecule has 0 atom stereocenters. The molecule has 0 heterocycles. The fourth-order valence-electron chi connectivity index (χ4n) is 1.20. The molecule has 0 spiro atoms. The highest BCUT2D eigenvalue weighted by Crippen LogP contribution is 2.16. The second-order valence-corrected chi connectivity index (χ2v) is 2.74. The van der Waals surface area contributed by atoms with E-state index in [9.17, 15) is 0 Å². The maximum Gasteiger partial charge on any atom is 0.0710 e. The first-order chi connectivity index (χ1) is 4.83. The highest BCUT2D eigenvalue weighted by Gasteiger charge is 1.99. The molecule has 0 radical (unpaired) electrons. The minimum Gasteiger partial charge on any atom is -0.380 e. The van der Waals surface area contributed by atoms with E-state index in [-0.39, 0.29) is 24.0 Å². The third-order valence-corrected chi connectivity index (χ3v) is 1.69. The molecule has 0 unspecified atom stereocenters. The van der Waals surface area contributed by atoms with Crippen LogP contribution in [0.2, 0.25) is 0 Å². The van der Waals surface area contributed by atoms with Crippen molar-refractivity contribution in [3.05, 3.63) is 23.3 Å². The molecule has 0 fully saturated rings. The summed E-state index contributed by atoms with van der Waals surface area (Å²) in [6.07, 6.45) is 6.86. The fourth-order valence-corrected chi connectivity index (χ4v) is 1.20. The number of rotatable bonds is 2. The molecule has 11 heavy (non-hydrogen) atoms. The summed E-state index contributed by atoms with van der Waals surface area (Å²) in [6, 6.07) is 0. The molecule has 0 aromatic heterocycles. The van der Waals surface area contributed by atoms with Crippen molar-refractivity contribution in [2.24, 2.45) is 0 Å². The van der Waals surface area contributed by atoms with Crippen LogP contribution in [0.15, 0.2) is 23.3 Å². The molecule has 1 nitrogen and oxygen atoms in total. The Balaban J connectivity index is 0.000001000. The number of hydrogen-bond acceptors (Lipinski definition) is 1. The quantitative estimate of drug-likeness (QED) is 0.698. The van der Waals surface area contributed by atoms with Gasteiger partial charge < -0.3 is 4.74 Å². The standard InChI is InChI=1S/C9H14O.HI/c1-8-4-3-5-9(6-8)7-10-2;/h5-6H,3-4,7H2,1-2H3;1H. The number of halogens is 1. The lowest BCUT2D eigenvalue weighted by Crippen LogP contribution is -1.96. The lowest BCUT2D eigenvalue weighted by molar-refractivity contribution is 0.227. The van der Waals surface area contributed by atoms with Gasteiger partial charge in [0.1, 0.15) is 0 Å². The van der Waals surface area contributed by atoms with Gasteiger partial charge in [0.2, 0.25) is 0 Å². The smallest absolute Gasteiger partial charge is 0.0710 e. The van der Waals surface area contributed by atoms with Crippen molar-refractivity contribution in [1.82, 2.24) is 0 Å². The molecule has 0 aliphatic heterocycles. The van der Waals surface area contributed by atoms with Gasteiger partial charge in [-0.1, -0.05) is 17.7 Å². The zero-order valence-electron chi connectivity index (χ0n) is 7.09. The number of hydrogen-bond donors (Lipinski definition) is 0. The van der Waals surface area contributed by atoms with Crippen molar-refractivity contribution in [2.45, 2.75) is 19.8 Å². The zero-order chi connectivity index (χ0) is 7.40. The Morgan fingerprint density at radius 3 is 2.82 bits per heavy atom. The lowest BCUT2D eigenvalue weighted by atomic mass is 10.0. The molecule has 1 aliphatic rings. The van der Waals surface area contributed by atoms with Crippen molar-refractivity contribution in [1.29, 1.82) is 0 Å². The van der Waals surface area contributed by atoms with Gasteiger partial charge in [0.15, 0.2) is 0 Å². The Bertz CT molecular complexity index is 170. The van der Waals surface area contributed by atoms with Gasteiger partial charge in [-0.15, -0.1) is 24.0 Å². The van der Waals surface area contributed by atoms with Gasteiger partial charge in [0, 0.05) is 7.11 Å². The predicted octanol–water partition coefficient (Wildman–Crippen LogP) is 2.92. The van der Waals surface area contributed by atoms with Crippen LogP contribution in [-0.2, 0) is 4.74 Å². The molecular formula is C9H15IO. The number of allylic oxidation sites excluding steroid dienone is 2. The maximum atomic E-state index is 5.02. The van der Waals surface area contributed by atoms with Crippen LogP contribution in [0.4, 0.5) is 0 Å². The molecule has 0 aromatic carbocycles. The molecule has 64 valence electrons. The van der Waals surface area contributed by atoms with Gasteiger partial charge in [-0.3, -0.25) is 0 Å². The van der Waals surface area contributed by atoms with Gasteiger partial charge in [0.05, 0.1) is 6.61 Å². The molecule has 0 saturated carbocycles. The number of ether oxygens (including phenoxy) is 1. The molecule has 1 rings (SSSR count). The van der Waals surface area contributed by atoms with Crippen molar-refractivity contribution in [2.75, 3.05) is 13.7 Å². The molecule has 0 bridgehead atoms. The SMILES string of the molecule is COCC1=CCCC(C)=C1.I. The monoisotopic (exact) mass is 266 g/mol. The van der Waals surface area contributed by atoms with Gasteiger partial charge in [-0.05, 0) is 25.3 Å².